The molecule has 0 bridgehead atoms. The minimum absolute atomic E-state index is 0.235. The van der Waals surface area contributed by atoms with Crippen LogP contribution in [0.4, 0.5) is 4.79 Å². The number of fused-ring (bicyclic) bond motifs is 1. The largest absolute Gasteiger partial charge is 0.535 e. The smallest absolute Gasteiger partial charge is 0.432 e. The second-order valence-electron chi connectivity index (χ2n) is 4.48. The van der Waals surface area contributed by atoms with Crippen LogP contribution in [0, 0.1) is 0 Å². The number of aromatic nitrogens is 3. The van der Waals surface area contributed by atoms with E-state index in [2.05, 4.69) is 21.4 Å². The third-order valence-corrected chi connectivity index (χ3v) is 5.44. The molecule has 1 atom stereocenters. The summed E-state index contributed by atoms with van der Waals surface area (Å²) in [6, 6.07) is 7.19. The average Bonchev–Trinajstić information content (AvgIpc) is 2.99. The van der Waals surface area contributed by atoms with E-state index in [1.807, 2.05) is 18.2 Å². The molecule has 0 saturated heterocycles. The first-order chi connectivity index (χ1) is 11.3. The van der Waals surface area contributed by atoms with E-state index in [0.717, 1.165) is 11.3 Å². The molecule has 0 radical (unpaired) electrons. The van der Waals surface area contributed by atoms with Crippen molar-refractivity contribution in [3.05, 3.63) is 36.4 Å². The summed E-state index contributed by atoms with van der Waals surface area (Å²) in [5, 5.41) is 7.87. The van der Waals surface area contributed by atoms with Gasteiger partial charge in [0.15, 0.2) is 0 Å². The van der Waals surface area contributed by atoms with Crippen molar-refractivity contribution in [3.8, 4) is 0 Å². The van der Waals surface area contributed by atoms with Gasteiger partial charge in [0.1, 0.15) is 23.0 Å². The zero-order chi connectivity index (χ0) is 15.9. The molecule has 0 N–H and O–H groups in total. The van der Waals surface area contributed by atoms with Crippen LogP contribution in [0.3, 0.4) is 0 Å². The summed E-state index contributed by atoms with van der Waals surface area (Å²) < 4.78 is 5.02. The van der Waals surface area contributed by atoms with E-state index in [0.29, 0.717) is 16.8 Å². The van der Waals surface area contributed by atoms with Gasteiger partial charge in [-0.15, -0.1) is 5.10 Å². The van der Waals surface area contributed by atoms with E-state index < -0.39 is 6.16 Å². The number of benzene rings is 1. The van der Waals surface area contributed by atoms with Crippen LogP contribution in [-0.4, -0.2) is 45.3 Å². The van der Waals surface area contributed by atoms with Crippen LogP contribution in [0.1, 0.15) is 6.42 Å². The lowest BCUT2D eigenvalue weighted by Crippen LogP contribution is -2.22. The number of rotatable bonds is 6. The number of carbonyl (C=O) groups excluding carboxylic acids is 1. The maximum absolute atomic E-state index is 11.6. The van der Waals surface area contributed by atoms with Crippen LogP contribution in [0.15, 0.2) is 41.4 Å². The fourth-order valence-corrected chi connectivity index (χ4v) is 3.89. The molecule has 0 amide bonds. The second kappa shape index (κ2) is 8.02. The second-order valence-corrected chi connectivity index (χ2v) is 7.14. The molecule has 23 heavy (non-hydrogen) atoms. The molecule has 1 aliphatic rings. The van der Waals surface area contributed by atoms with Crippen molar-refractivity contribution in [1.82, 2.24) is 15.2 Å². The SMILES string of the molecule is O=C(OCCSSC1CC=CC=N1)On1nnc2ccccc21. The van der Waals surface area contributed by atoms with Gasteiger partial charge in [-0.3, -0.25) is 9.83 Å². The third kappa shape index (κ3) is 4.49. The van der Waals surface area contributed by atoms with E-state index in [4.69, 9.17) is 9.57 Å². The van der Waals surface area contributed by atoms with Crippen LogP contribution in [-0.2, 0) is 4.74 Å². The van der Waals surface area contributed by atoms with Gasteiger partial charge in [-0.1, -0.05) is 44.6 Å². The van der Waals surface area contributed by atoms with Crippen molar-refractivity contribution in [2.24, 2.45) is 4.99 Å². The topological polar surface area (TPSA) is 78.6 Å². The number of hydrogen-bond acceptors (Lipinski definition) is 8. The summed E-state index contributed by atoms with van der Waals surface area (Å²) in [6.45, 7) is 0.259. The van der Waals surface area contributed by atoms with Crippen molar-refractivity contribution in [3.63, 3.8) is 0 Å². The highest BCUT2D eigenvalue weighted by Crippen LogP contribution is 2.30. The fourth-order valence-electron chi connectivity index (χ4n) is 1.82. The predicted molar refractivity (Wildman–Crippen MR) is 91.5 cm³/mol. The highest BCUT2D eigenvalue weighted by Gasteiger charge is 2.11. The zero-order valence-corrected chi connectivity index (χ0v) is 13.7. The lowest BCUT2D eigenvalue weighted by atomic mass is 10.3. The summed E-state index contributed by atoms with van der Waals surface area (Å²) in [6.07, 6.45) is 5.95. The van der Waals surface area contributed by atoms with E-state index in [1.165, 1.54) is 0 Å². The van der Waals surface area contributed by atoms with E-state index in [1.54, 1.807) is 39.9 Å². The molecule has 2 heterocycles. The van der Waals surface area contributed by atoms with Crippen LogP contribution >= 0.6 is 21.6 Å². The van der Waals surface area contributed by atoms with Crippen LogP contribution < -0.4 is 4.84 Å². The van der Waals surface area contributed by atoms with Crippen LogP contribution in [0.5, 0.6) is 0 Å². The van der Waals surface area contributed by atoms with Gasteiger partial charge in [0.2, 0.25) is 0 Å². The number of para-hydroxylation sites is 1. The van der Waals surface area contributed by atoms with Crippen molar-refractivity contribution in [2.75, 3.05) is 12.4 Å². The molecule has 1 aromatic heterocycles. The fraction of sp³-hybridized carbons (Fsp3) is 0.286. The minimum Gasteiger partial charge on any atom is -0.432 e. The highest BCUT2D eigenvalue weighted by atomic mass is 33.1. The molecule has 1 unspecified atom stereocenters. The predicted octanol–water partition coefficient (Wildman–Crippen LogP) is 2.73. The first kappa shape index (κ1) is 15.9. The summed E-state index contributed by atoms with van der Waals surface area (Å²) in [5.41, 5.74) is 1.26. The van der Waals surface area contributed by atoms with E-state index >= 15 is 0 Å². The molecule has 0 saturated carbocycles. The molecule has 1 aliphatic heterocycles. The Labute approximate surface area is 140 Å². The van der Waals surface area contributed by atoms with Crippen molar-refractivity contribution in [1.29, 1.82) is 0 Å². The molecule has 9 heteroatoms. The number of nitrogens with zero attached hydrogens (tertiary/aromatic N) is 4. The summed E-state index contributed by atoms with van der Waals surface area (Å²) >= 11 is 0. The number of ether oxygens (including phenoxy) is 1. The normalized spacial score (nSPS) is 16.6. The lowest BCUT2D eigenvalue weighted by Gasteiger charge is -2.10. The lowest BCUT2D eigenvalue weighted by molar-refractivity contribution is 0.0434. The molecule has 2 aromatic rings. The maximum Gasteiger partial charge on any atom is 0.535 e. The summed E-state index contributed by atoms with van der Waals surface area (Å²) in [7, 11) is 3.28. The highest BCUT2D eigenvalue weighted by molar-refractivity contribution is 8.76. The van der Waals surface area contributed by atoms with Gasteiger partial charge in [0, 0.05) is 12.0 Å². The Morgan fingerprint density at radius 3 is 3.17 bits per heavy atom. The maximum atomic E-state index is 11.6. The molecule has 0 fully saturated rings. The molecule has 0 spiro atoms. The van der Waals surface area contributed by atoms with Gasteiger partial charge in [-0.05, 0) is 29.8 Å². The van der Waals surface area contributed by atoms with Gasteiger partial charge >= 0.3 is 6.16 Å². The molecule has 3 rings (SSSR count). The Bertz CT molecular complexity index is 732. The number of carbonyl (C=O) groups is 1. The van der Waals surface area contributed by atoms with Crippen molar-refractivity contribution < 1.29 is 14.4 Å². The molecular formula is C14H14N4O3S2. The Balaban J connectivity index is 1.36. The molecular weight excluding hydrogens is 336 g/mol. The third-order valence-electron chi connectivity index (χ3n) is 2.86. The summed E-state index contributed by atoms with van der Waals surface area (Å²) in [5.74, 6) is 0.660. The number of hydrogen-bond donors (Lipinski definition) is 0. The number of aliphatic imine (C=N–C) groups is 1. The van der Waals surface area contributed by atoms with Crippen molar-refractivity contribution in [2.45, 2.75) is 11.8 Å². The van der Waals surface area contributed by atoms with Crippen LogP contribution in [0.25, 0.3) is 11.0 Å². The molecule has 1 aromatic carbocycles. The first-order valence-electron chi connectivity index (χ1n) is 6.95. The van der Waals surface area contributed by atoms with Gasteiger partial charge in [0.05, 0.1) is 0 Å². The van der Waals surface area contributed by atoms with Gasteiger partial charge in [0.25, 0.3) is 0 Å². The Kier molecular flexibility index (Phi) is 5.54. The van der Waals surface area contributed by atoms with Crippen molar-refractivity contribution >= 4 is 45.0 Å². The van der Waals surface area contributed by atoms with E-state index in [9.17, 15) is 4.79 Å². The zero-order valence-electron chi connectivity index (χ0n) is 12.1. The average molecular weight is 350 g/mol. The Morgan fingerprint density at radius 1 is 1.39 bits per heavy atom. The number of allylic oxidation sites excluding steroid dienone is 1. The Hall–Kier alpha value is -2.00. The first-order valence-corrected chi connectivity index (χ1v) is 9.33. The standard InChI is InChI=1S/C14H14N4O3S2/c19-14(20-9-10-22-23-13-7-3-4-8-15-13)21-18-12-6-2-1-5-11(12)16-17-18/h1-6,8,13H,7,9-10H2. The monoisotopic (exact) mass is 350 g/mol. The summed E-state index contributed by atoms with van der Waals surface area (Å²) in [4.78, 5) is 22.0. The Morgan fingerprint density at radius 2 is 2.30 bits per heavy atom. The quantitative estimate of drug-likeness (QED) is 0.343. The van der Waals surface area contributed by atoms with Crippen LogP contribution in [0.2, 0.25) is 0 Å². The van der Waals surface area contributed by atoms with Gasteiger partial charge in [-0.2, -0.15) is 0 Å². The number of dihydropyridines is 1. The molecule has 120 valence electrons. The molecule has 7 nitrogen and oxygen atoms in total. The molecule has 0 aliphatic carbocycles. The van der Waals surface area contributed by atoms with E-state index in [-0.39, 0.29) is 12.0 Å². The van der Waals surface area contributed by atoms with Gasteiger partial charge < -0.3 is 4.74 Å². The minimum atomic E-state index is -0.801. The van der Waals surface area contributed by atoms with Gasteiger partial charge in [-0.25, -0.2) is 4.79 Å².